The predicted molar refractivity (Wildman–Crippen MR) is 68.7 cm³/mol. The van der Waals surface area contributed by atoms with E-state index in [1.54, 1.807) is 0 Å². The van der Waals surface area contributed by atoms with Gasteiger partial charge in [-0.1, -0.05) is 13.8 Å². The van der Waals surface area contributed by atoms with E-state index in [1.165, 1.54) is 39.0 Å². The van der Waals surface area contributed by atoms with Crippen LogP contribution in [0.5, 0.6) is 0 Å². The fourth-order valence-corrected chi connectivity index (χ4v) is 3.43. The van der Waals surface area contributed by atoms with Crippen LogP contribution in [0.1, 0.15) is 26.7 Å². The van der Waals surface area contributed by atoms with Crippen LogP contribution in [0.4, 0.5) is 0 Å². The summed E-state index contributed by atoms with van der Waals surface area (Å²) in [4.78, 5) is 5.20. The van der Waals surface area contributed by atoms with Crippen LogP contribution in [0.15, 0.2) is 0 Å². The molecule has 0 saturated carbocycles. The third-order valence-electron chi connectivity index (χ3n) is 4.24. The maximum absolute atomic E-state index is 3.59. The first-order valence-electron chi connectivity index (χ1n) is 6.86. The molecule has 2 fully saturated rings. The molecule has 0 aromatic heterocycles. The number of likely N-dealkylation sites (N-methyl/N-ethyl adjacent to an activating group) is 1. The lowest BCUT2D eigenvalue weighted by atomic mass is 9.93. The number of nitrogens with one attached hydrogen (secondary N) is 1. The fraction of sp³-hybridized carbons (Fsp3) is 1.00. The van der Waals surface area contributed by atoms with Crippen molar-refractivity contribution in [2.45, 2.75) is 38.8 Å². The minimum absolute atomic E-state index is 0.747. The van der Waals surface area contributed by atoms with E-state index < -0.39 is 0 Å². The van der Waals surface area contributed by atoms with Gasteiger partial charge in [-0.05, 0) is 38.9 Å². The molecule has 0 radical (unpaired) electrons. The van der Waals surface area contributed by atoms with E-state index >= 15 is 0 Å². The van der Waals surface area contributed by atoms with Gasteiger partial charge >= 0.3 is 0 Å². The van der Waals surface area contributed by atoms with Gasteiger partial charge in [-0.15, -0.1) is 0 Å². The first-order valence-corrected chi connectivity index (χ1v) is 6.86. The summed E-state index contributed by atoms with van der Waals surface area (Å²) in [7, 11) is 2.25. The molecule has 0 aromatic carbocycles. The molecule has 0 aromatic rings. The molecular formula is C13H27N3. The minimum Gasteiger partial charge on any atom is -0.313 e. The second-order valence-corrected chi connectivity index (χ2v) is 5.63. The Morgan fingerprint density at radius 3 is 2.69 bits per heavy atom. The van der Waals surface area contributed by atoms with Gasteiger partial charge in [0.1, 0.15) is 0 Å². The summed E-state index contributed by atoms with van der Waals surface area (Å²) in [5.74, 6) is 0.833. The zero-order chi connectivity index (χ0) is 11.5. The Kier molecular flexibility index (Phi) is 4.22. The third kappa shape index (κ3) is 2.76. The fourth-order valence-electron chi connectivity index (χ4n) is 3.43. The lowest BCUT2D eigenvalue weighted by molar-refractivity contribution is 0.0912. The number of nitrogens with zero attached hydrogens (tertiary/aromatic N) is 2. The summed E-state index contributed by atoms with van der Waals surface area (Å²) in [5, 5.41) is 3.59. The number of rotatable bonds is 3. The molecule has 2 heterocycles. The van der Waals surface area contributed by atoms with Crippen LogP contribution in [-0.4, -0.2) is 61.7 Å². The maximum atomic E-state index is 3.59. The highest BCUT2D eigenvalue weighted by atomic mass is 15.2. The highest BCUT2D eigenvalue weighted by Gasteiger charge is 2.33. The van der Waals surface area contributed by atoms with Crippen molar-refractivity contribution in [2.75, 3.05) is 39.8 Å². The van der Waals surface area contributed by atoms with Gasteiger partial charge in [-0.2, -0.15) is 0 Å². The Morgan fingerprint density at radius 1 is 1.19 bits per heavy atom. The lowest BCUT2D eigenvalue weighted by Crippen LogP contribution is -2.49. The van der Waals surface area contributed by atoms with Gasteiger partial charge in [0.25, 0.3) is 0 Å². The molecule has 3 nitrogen and oxygen atoms in total. The van der Waals surface area contributed by atoms with Crippen LogP contribution in [0, 0.1) is 5.92 Å². The van der Waals surface area contributed by atoms with Crippen LogP contribution in [0.25, 0.3) is 0 Å². The summed E-state index contributed by atoms with van der Waals surface area (Å²) in [6.07, 6.45) is 2.70. The van der Waals surface area contributed by atoms with Crippen molar-refractivity contribution in [1.82, 2.24) is 15.1 Å². The topological polar surface area (TPSA) is 18.5 Å². The van der Waals surface area contributed by atoms with Gasteiger partial charge in [-0.25, -0.2) is 0 Å². The SMILES string of the molecule is CCNC1CCN(C2CCN(C)CC2C)C1. The molecule has 16 heavy (non-hydrogen) atoms. The molecule has 94 valence electrons. The predicted octanol–water partition coefficient (Wildman–Crippen LogP) is 1.01. The third-order valence-corrected chi connectivity index (χ3v) is 4.24. The standard InChI is InChI=1S/C13H27N3/c1-4-14-12-5-8-16(10-12)13-6-7-15(3)9-11(13)2/h11-14H,4-10H2,1-3H3. The van der Waals surface area contributed by atoms with Crippen LogP contribution in [-0.2, 0) is 0 Å². The molecule has 3 heteroatoms. The van der Waals surface area contributed by atoms with Crippen molar-refractivity contribution in [1.29, 1.82) is 0 Å². The molecule has 2 saturated heterocycles. The molecule has 0 spiro atoms. The Bertz CT molecular complexity index is 219. The van der Waals surface area contributed by atoms with Crippen molar-refractivity contribution in [2.24, 2.45) is 5.92 Å². The van der Waals surface area contributed by atoms with Crippen molar-refractivity contribution < 1.29 is 0 Å². The van der Waals surface area contributed by atoms with Crippen molar-refractivity contribution in [3.8, 4) is 0 Å². The molecule has 0 amide bonds. The minimum atomic E-state index is 0.747. The highest BCUT2D eigenvalue weighted by Crippen LogP contribution is 2.24. The largest absolute Gasteiger partial charge is 0.313 e. The van der Waals surface area contributed by atoms with E-state index in [-0.39, 0.29) is 0 Å². The summed E-state index contributed by atoms with van der Waals surface area (Å²) in [6.45, 7) is 10.9. The second-order valence-electron chi connectivity index (χ2n) is 5.63. The first-order chi connectivity index (χ1) is 7.70. The van der Waals surface area contributed by atoms with Gasteiger partial charge in [-0.3, -0.25) is 4.90 Å². The van der Waals surface area contributed by atoms with E-state index in [2.05, 4.69) is 36.0 Å². The summed E-state index contributed by atoms with van der Waals surface area (Å²) in [5.41, 5.74) is 0. The van der Waals surface area contributed by atoms with E-state index in [9.17, 15) is 0 Å². The van der Waals surface area contributed by atoms with E-state index in [1.807, 2.05) is 0 Å². The summed E-state index contributed by atoms with van der Waals surface area (Å²) < 4.78 is 0. The van der Waals surface area contributed by atoms with Gasteiger partial charge in [0.05, 0.1) is 0 Å². The van der Waals surface area contributed by atoms with Gasteiger partial charge in [0.15, 0.2) is 0 Å². The lowest BCUT2D eigenvalue weighted by Gasteiger charge is -2.40. The van der Waals surface area contributed by atoms with E-state index in [4.69, 9.17) is 0 Å². The van der Waals surface area contributed by atoms with Crippen molar-refractivity contribution >= 4 is 0 Å². The number of hydrogen-bond acceptors (Lipinski definition) is 3. The average molecular weight is 225 g/mol. The monoisotopic (exact) mass is 225 g/mol. The molecule has 0 aliphatic carbocycles. The van der Waals surface area contributed by atoms with Crippen LogP contribution in [0.3, 0.4) is 0 Å². The highest BCUT2D eigenvalue weighted by molar-refractivity contribution is 4.90. The first kappa shape index (κ1) is 12.3. The molecule has 2 rings (SSSR count). The summed E-state index contributed by atoms with van der Waals surface area (Å²) >= 11 is 0. The Labute approximate surface area is 100 Å². The normalized spacial score (nSPS) is 38.1. The van der Waals surface area contributed by atoms with Crippen LogP contribution < -0.4 is 5.32 Å². The molecule has 0 bridgehead atoms. The molecule has 2 aliphatic heterocycles. The smallest absolute Gasteiger partial charge is 0.0207 e. The Balaban J connectivity index is 1.84. The Hall–Kier alpha value is -0.120. The van der Waals surface area contributed by atoms with Crippen molar-refractivity contribution in [3.05, 3.63) is 0 Å². The number of hydrogen-bond donors (Lipinski definition) is 1. The van der Waals surface area contributed by atoms with E-state index in [0.717, 1.165) is 24.5 Å². The zero-order valence-corrected chi connectivity index (χ0v) is 11.1. The maximum Gasteiger partial charge on any atom is 0.0207 e. The van der Waals surface area contributed by atoms with Gasteiger partial charge in [0.2, 0.25) is 0 Å². The Morgan fingerprint density at radius 2 is 2.00 bits per heavy atom. The molecule has 3 unspecified atom stereocenters. The van der Waals surface area contributed by atoms with Gasteiger partial charge in [0, 0.05) is 31.7 Å². The second kappa shape index (κ2) is 5.48. The molecular weight excluding hydrogens is 198 g/mol. The number of piperidine rings is 1. The number of likely N-dealkylation sites (tertiary alicyclic amines) is 2. The summed E-state index contributed by atoms with van der Waals surface area (Å²) in [6, 6.07) is 1.58. The van der Waals surface area contributed by atoms with Gasteiger partial charge < -0.3 is 10.2 Å². The van der Waals surface area contributed by atoms with Crippen LogP contribution in [0.2, 0.25) is 0 Å². The molecule has 2 aliphatic rings. The van der Waals surface area contributed by atoms with Crippen molar-refractivity contribution in [3.63, 3.8) is 0 Å². The average Bonchev–Trinajstić information content (AvgIpc) is 2.67. The quantitative estimate of drug-likeness (QED) is 0.773. The van der Waals surface area contributed by atoms with E-state index in [0.29, 0.717) is 0 Å². The zero-order valence-electron chi connectivity index (χ0n) is 11.1. The van der Waals surface area contributed by atoms with Crippen LogP contribution >= 0.6 is 0 Å². The molecule has 3 atom stereocenters. The molecule has 1 N–H and O–H groups in total.